The Hall–Kier alpha value is -2.21. The second-order valence-electron chi connectivity index (χ2n) is 6.74. The van der Waals surface area contributed by atoms with Gasteiger partial charge in [-0.3, -0.25) is 14.5 Å². The predicted octanol–water partition coefficient (Wildman–Crippen LogP) is 1.47. The topological polar surface area (TPSA) is 73.8 Å². The molecule has 3 rings (SSSR count). The van der Waals surface area contributed by atoms with Crippen LogP contribution in [0, 0.1) is 0 Å². The van der Waals surface area contributed by atoms with Gasteiger partial charge in [-0.2, -0.15) is 5.10 Å². The summed E-state index contributed by atoms with van der Waals surface area (Å²) in [7, 11) is 0. The van der Waals surface area contributed by atoms with Crippen molar-refractivity contribution >= 4 is 17.5 Å². The zero-order valence-corrected chi connectivity index (χ0v) is 14.5. The molecule has 25 heavy (non-hydrogen) atoms. The van der Waals surface area contributed by atoms with Gasteiger partial charge in [-0.15, -0.1) is 0 Å². The second kappa shape index (κ2) is 8.76. The standard InChI is InChI=1S/C19H26N4O2/c24-18-10-9-17(21-22-18)19(25)20-14-16(23-11-5-2-6-12-23)13-15-7-3-1-4-8-15/h1,3-4,7-8,16H,2,5-6,9-14H2,(H,20,25)(H,22,24). The van der Waals surface area contributed by atoms with E-state index in [1.165, 1.54) is 24.8 Å². The molecule has 1 unspecified atom stereocenters. The average Bonchev–Trinajstić information content (AvgIpc) is 2.67. The maximum Gasteiger partial charge on any atom is 0.267 e. The Kier molecular flexibility index (Phi) is 6.17. The van der Waals surface area contributed by atoms with E-state index in [4.69, 9.17) is 0 Å². The van der Waals surface area contributed by atoms with Crippen molar-refractivity contribution < 1.29 is 9.59 Å². The van der Waals surface area contributed by atoms with Crippen LogP contribution < -0.4 is 10.7 Å². The summed E-state index contributed by atoms with van der Waals surface area (Å²) < 4.78 is 0. The van der Waals surface area contributed by atoms with Crippen LogP contribution in [0.4, 0.5) is 0 Å². The molecule has 134 valence electrons. The van der Waals surface area contributed by atoms with Crippen LogP contribution in [0.2, 0.25) is 0 Å². The first kappa shape index (κ1) is 17.6. The highest BCUT2D eigenvalue weighted by Gasteiger charge is 2.23. The molecule has 6 heteroatoms. The molecule has 0 aromatic heterocycles. The van der Waals surface area contributed by atoms with Crippen molar-refractivity contribution in [3.05, 3.63) is 35.9 Å². The summed E-state index contributed by atoms with van der Waals surface area (Å²) in [5.74, 6) is -0.304. The summed E-state index contributed by atoms with van der Waals surface area (Å²) in [4.78, 5) is 26.0. The lowest BCUT2D eigenvalue weighted by Crippen LogP contribution is -2.48. The number of benzene rings is 1. The molecular formula is C19H26N4O2. The van der Waals surface area contributed by atoms with E-state index in [2.05, 4.69) is 45.0 Å². The third-order valence-electron chi connectivity index (χ3n) is 4.89. The minimum Gasteiger partial charge on any atom is -0.349 e. The van der Waals surface area contributed by atoms with Crippen LogP contribution in [-0.2, 0) is 16.0 Å². The molecule has 0 bridgehead atoms. The molecule has 0 radical (unpaired) electrons. The van der Waals surface area contributed by atoms with Gasteiger partial charge in [0.15, 0.2) is 0 Å². The number of carbonyl (C=O) groups is 2. The maximum absolute atomic E-state index is 12.3. The molecule has 1 fully saturated rings. The van der Waals surface area contributed by atoms with Gasteiger partial charge in [0.25, 0.3) is 5.91 Å². The first-order valence-electron chi connectivity index (χ1n) is 9.14. The van der Waals surface area contributed by atoms with Crippen LogP contribution in [0.3, 0.4) is 0 Å². The molecule has 0 spiro atoms. The van der Waals surface area contributed by atoms with Gasteiger partial charge in [0, 0.05) is 25.4 Å². The zero-order valence-electron chi connectivity index (χ0n) is 14.5. The Balaban J connectivity index is 1.60. The van der Waals surface area contributed by atoms with Crippen LogP contribution in [0.15, 0.2) is 35.4 Å². The maximum atomic E-state index is 12.3. The lowest BCUT2D eigenvalue weighted by Gasteiger charge is -2.35. The quantitative estimate of drug-likeness (QED) is 0.822. The molecule has 0 saturated carbocycles. The Morgan fingerprint density at radius 1 is 1.16 bits per heavy atom. The van der Waals surface area contributed by atoms with E-state index < -0.39 is 0 Å². The molecule has 2 aliphatic rings. The average molecular weight is 342 g/mol. The number of hydrogen-bond donors (Lipinski definition) is 2. The number of carbonyl (C=O) groups excluding carboxylic acids is 2. The fourth-order valence-corrected chi connectivity index (χ4v) is 3.45. The molecule has 2 amide bonds. The van der Waals surface area contributed by atoms with Gasteiger partial charge in [0.05, 0.1) is 0 Å². The minimum absolute atomic E-state index is 0.133. The van der Waals surface area contributed by atoms with E-state index in [1.54, 1.807) is 0 Å². The number of nitrogens with zero attached hydrogens (tertiary/aromatic N) is 2. The van der Waals surface area contributed by atoms with Gasteiger partial charge in [-0.25, -0.2) is 5.43 Å². The summed E-state index contributed by atoms with van der Waals surface area (Å²) in [6.45, 7) is 2.77. The van der Waals surface area contributed by atoms with E-state index in [0.717, 1.165) is 19.5 Å². The molecule has 0 aliphatic carbocycles. The van der Waals surface area contributed by atoms with Crippen molar-refractivity contribution in [2.75, 3.05) is 19.6 Å². The fourth-order valence-electron chi connectivity index (χ4n) is 3.45. The number of piperidine rings is 1. The van der Waals surface area contributed by atoms with Crippen molar-refractivity contribution in [3.63, 3.8) is 0 Å². The number of amides is 2. The van der Waals surface area contributed by atoms with Crippen LogP contribution in [0.5, 0.6) is 0 Å². The van der Waals surface area contributed by atoms with E-state index in [9.17, 15) is 9.59 Å². The van der Waals surface area contributed by atoms with Crippen LogP contribution >= 0.6 is 0 Å². The van der Waals surface area contributed by atoms with Crippen LogP contribution in [0.25, 0.3) is 0 Å². The zero-order chi connectivity index (χ0) is 17.5. The summed E-state index contributed by atoms with van der Waals surface area (Å²) >= 11 is 0. The SMILES string of the molecule is O=C1CCC(C(=O)NCC(Cc2ccccc2)N2CCCCC2)=NN1. The fraction of sp³-hybridized carbons (Fsp3) is 0.526. The monoisotopic (exact) mass is 342 g/mol. The van der Waals surface area contributed by atoms with Gasteiger partial charge < -0.3 is 5.32 Å². The molecule has 2 aliphatic heterocycles. The van der Waals surface area contributed by atoms with Gasteiger partial charge >= 0.3 is 0 Å². The number of likely N-dealkylation sites (tertiary alicyclic amines) is 1. The van der Waals surface area contributed by atoms with E-state index >= 15 is 0 Å². The Labute approximate surface area is 148 Å². The van der Waals surface area contributed by atoms with Crippen molar-refractivity contribution in [3.8, 4) is 0 Å². The lowest BCUT2D eigenvalue weighted by molar-refractivity contribution is -0.121. The molecular weight excluding hydrogens is 316 g/mol. The van der Waals surface area contributed by atoms with Gasteiger partial charge in [0.1, 0.15) is 5.71 Å². The highest BCUT2D eigenvalue weighted by Crippen LogP contribution is 2.15. The molecule has 1 aromatic rings. The van der Waals surface area contributed by atoms with Crippen LogP contribution in [0.1, 0.15) is 37.7 Å². The summed E-state index contributed by atoms with van der Waals surface area (Å²) in [5, 5.41) is 6.90. The van der Waals surface area contributed by atoms with Gasteiger partial charge in [0.2, 0.25) is 5.91 Å². The van der Waals surface area contributed by atoms with Crippen molar-refractivity contribution in [2.45, 2.75) is 44.6 Å². The van der Waals surface area contributed by atoms with Crippen LogP contribution in [-0.4, -0.2) is 48.1 Å². The summed E-state index contributed by atoms with van der Waals surface area (Å²) in [6, 6.07) is 10.7. The Morgan fingerprint density at radius 3 is 2.60 bits per heavy atom. The minimum atomic E-state index is -0.171. The molecule has 1 saturated heterocycles. The number of nitrogens with one attached hydrogen (secondary N) is 2. The third kappa shape index (κ3) is 5.13. The second-order valence-corrected chi connectivity index (χ2v) is 6.74. The Bertz CT molecular complexity index is 624. The largest absolute Gasteiger partial charge is 0.349 e. The highest BCUT2D eigenvalue weighted by molar-refractivity contribution is 6.39. The normalized spacial score (nSPS) is 19.7. The molecule has 2 N–H and O–H groups in total. The third-order valence-corrected chi connectivity index (χ3v) is 4.89. The number of rotatable bonds is 6. The van der Waals surface area contributed by atoms with E-state index in [-0.39, 0.29) is 17.9 Å². The lowest BCUT2D eigenvalue weighted by atomic mass is 10.0. The van der Waals surface area contributed by atoms with E-state index in [0.29, 0.717) is 25.1 Å². The first-order chi connectivity index (χ1) is 12.2. The predicted molar refractivity (Wildman–Crippen MR) is 97.2 cm³/mol. The van der Waals surface area contributed by atoms with Crippen molar-refractivity contribution in [2.24, 2.45) is 5.10 Å². The van der Waals surface area contributed by atoms with Gasteiger partial charge in [-0.05, 0) is 37.9 Å². The van der Waals surface area contributed by atoms with Crippen molar-refractivity contribution in [1.82, 2.24) is 15.6 Å². The molecule has 1 aromatic carbocycles. The molecule has 1 atom stereocenters. The van der Waals surface area contributed by atoms with Crippen molar-refractivity contribution in [1.29, 1.82) is 0 Å². The number of hydrazone groups is 1. The number of hydrogen-bond acceptors (Lipinski definition) is 4. The Morgan fingerprint density at radius 2 is 1.92 bits per heavy atom. The summed E-state index contributed by atoms with van der Waals surface area (Å²) in [5.41, 5.74) is 4.08. The molecule has 2 heterocycles. The smallest absolute Gasteiger partial charge is 0.267 e. The highest BCUT2D eigenvalue weighted by atomic mass is 16.2. The van der Waals surface area contributed by atoms with E-state index in [1.807, 2.05) is 6.07 Å². The molecule has 6 nitrogen and oxygen atoms in total. The van der Waals surface area contributed by atoms with Gasteiger partial charge in [-0.1, -0.05) is 36.8 Å². The summed E-state index contributed by atoms with van der Waals surface area (Å²) in [6.07, 6.45) is 5.38. The first-order valence-corrected chi connectivity index (χ1v) is 9.14.